The van der Waals surface area contributed by atoms with Crippen molar-refractivity contribution in [3.05, 3.63) is 34.2 Å². The van der Waals surface area contributed by atoms with Crippen LogP contribution < -0.4 is 16.0 Å². The molecule has 0 aliphatic carbocycles. The summed E-state index contributed by atoms with van der Waals surface area (Å²) >= 11 is 3.10. The largest absolute Gasteiger partial charge is 0.468 e. The van der Waals surface area contributed by atoms with E-state index in [1.165, 1.54) is 18.2 Å². The average Bonchev–Trinajstić information content (AvgIpc) is 3.21. The number of ether oxygens (including phenoxy) is 2. The van der Waals surface area contributed by atoms with Crippen LogP contribution in [0.4, 0.5) is 10.1 Å². The van der Waals surface area contributed by atoms with Gasteiger partial charge in [-0.2, -0.15) is 0 Å². The molecule has 0 amide bonds. The molecule has 2 heterocycles. The van der Waals surface area contributed by atoms with E-state index in [0.717, 1.165) is 6.42 Å². The van der Waals surface area contributed by atoms with Crippen molar-refractivity contribution in [1.29, 1.82) is 0 Å². The number of hydrazine groups is 1. The lowest BCUT2D eigenvalue weighted by Gasteiger charge is -2.09. The van der Waals surface area contributed by atoms with Crippen molar-refractivity contribution >= 4 is 27.5 Å². The van der Waals surface area contributed by atoms with Gasteiger partial charge in [-0.1, -0.05) is 0 Å². The minimum absolute atomic E-state index is 0.125. The van der Waals surface area contributed by atoms with Gasteiger partial charge in [-0.25, -0.2) is 19.9 Å². The molecule has 0 radical (unpaired) electrons. The fourth-order valence-corrected chi connectivity index (χ4v) is 2.37. The molecule has 10 heteroatoms. The smallest absolute Gasteiger partial charge is 0.287 e. The molecule has 0 spiro atoms. The maximum atomic E-state index is 13.3. The van der Waals surface area contributed by atoms with Crippen molar-refractivity contribution in [1.82, 2.24) is 15.7 Å². The van der Waals surface area contributed by atoms with Crippen LogP contribution in [0, 0.1) is 5.82 Å². The van der Waals surface area contributed by atoms with Crippen molar-refractivity contribution in [3.63, 3.8) is 0 Å². The molecule has 1 saturated heterocycles. The van der Waals surface area contributed by atoms with Gasteiger partial charge in [-0.15, -0.1) is 0 Å². The molecule has 0 bridgehead atoms. The maximum absolute atomic E-state index is 13.3. The zero-order valence-electron chi connectivity index (χ0n) is 11.8. The fourth-order valence-electron chi connectivity index (χ4n) is 2.00. The van der Waals surface area contributed by atoms with Crippen molar-refractivity contribution in [3.8, 4) is 5.88 Å². The highest BCUT2D eigenvalue weighted by molar-refractivity contribution is 9.10. The van der Waals surface area contributed by atoms with E-state index in [9.17, 15) is 4.39 Å². The molecule has 3 rings (SSSR count). The Kier molecular flexibility index (Phi) is 4.84. The number of aromatic nitrogens is 2. The van der Waals surface area contributed by atoms with Gasteiger partial charge in [0.25, 0.3) is 5.88 Å². The summed E-state index contributed by atoms with van der Waals surface area (Å²) < 4.78 is 29.2. The van der Waals surface area contributed by atoms with Crippen LogP contribution in [0.2, 0.25) is 0 Å². The molecule has 1 aliphatic heterocycles. The lowest BCUT2D eigenvalue weighted by molar-refractivity contribution is 0.133. The monoisotopic (exact) mass is 385 g/mol. The predicted octanol–water partition coefficient (Wildman–Crippen LogP) is 1.68. The Labute approximate surface area is 138 Å². The predicted molar refractivity (Wildman–Crippen MR) is 81.8 cm³/mol. The van der Waals surface area contributed by atoms with Crippen LogP contribution in [-0.2, 0) is 4.74 Å². The highest BCUT2D eigenvalue weighted by Crippen LogP contribution is 2.24. The summed E-state index contributed by atoms with van der Waals surface area (Å²) in [6.45, 7) is 1.10. The highest BCUT2D eigenvalue weighted by Gasteiger charge is 2.24. The molecule has 1 aliphatic rings. The van der Waals surface area contributed by atoms with E-state index in [1.807, 2.05) is 0 Å². The third-order valence-electron chi connectivity index (χ3n) is 3.13. The molecule has 8 nitrogen and oxygen atoms in total. The first-order valence-corrected chi connectivity index (χ1v) is 7.54. The van der Waals surface area contributed by atoms with E-state index in [1.54, 1.807) is 0 Å². The van der Waals surface area contributed by atoms with E-state index in [-0.39, 0.29) is 33.8 Å². The Morgan fingerprint density at radius 3 is 3.04 bits per heavy atom. The molecule has 3 N–H and O–H groups in total. The van der Waals surface area contributed by atoms with Gasteiger partial charge in [-0.05, 0) is 44.4 Å². The number of nitrogens with two attached hydrogens (primary N) is 1. The molecular weight excluding hydrogens is 373 g/mol. The Bertz CT molecular complexity index is 717. The van der Waals surface area contributed by atoms with Gasteiger partial charge in [0.1, 0.15) is 11.9 Å². The highest BCUT2D eigenvalue weighted by atomic mass is 79.9. The first-order valence-electron chi connectivity index (χ1n) is 6.75. The van der Waals surface area contributed by atoms with Crippen molar-refractivity contribution in [2.45, 2.75) is 12.5 Å². The average molecular weight is 386 g/mol. The molecule has 1 aromatic heterocycles. The Balaban J connectivity index is 1.86. The number of amidine groups is 1. The number of rotatable bonds is 4. The van der Waals surface area contributed by atoms with Gasteiger partial charge in [0.15, 0.2) is 5.84 Å². The summed E-state index contributed by atoms with van der Waals surface area (Å²) in [4.78, 5) is 4.27. The summed E-state index contributed by atoms with van der Waals surface area (Å²) in [6, 6.07) is 4.28. The van der Waals surface area contributed by atoms with E-state index in [2.05, 4.69) is 36.7 Å². The van der Waals surface area contributed by atoms with Crippen LogP contribution in [0.25, 0.3) is 0 Å². The number of nitrogens with one attached hydrogen (secondary N) is 1. The van der Waals surface area contributed by atoms with Gasteiger partial charge in [0.05, 0.1) is 23.4 Å². The molecule has 2 aromatic rings. The van der Waals surface area contributed by atoms with E-state index in [0.29, 0.717) is 18.9 Å². The lowest BCUT2D eigenvalue weighted by Crippen LogP contribution is -2.32. The molecule has 0 saturated carbocycles. The summed E-state index contributed by atoms with van der Waals surface area (Å²) in [5.74, 6) is 5.46. The number of hydrogen-bond acceptors (Lipinski definition) is 7. The summed E-state index contributed by atoms with van der Waals surface area (Å²) in [6.07, 6.45) is 0.624. The summed E-state index contributed by atoms with van der Waals surface area (Å²) in [7, 11) is 0. The fraction of sp³-hybridized carbons (Fsp3) is 0.308. The number of benzene rings is 1. The first-order chi connectivity index (χ1) is 11.2. The second-order valence-corrected chi connectivity index (χ2v) is 5.58. The van der Waals surface area contributed by atoms with Crippen LogP contribution in [0.3, 0.4) is 0 Å². The molecule has 23 heavy (non-hydrogen) atoms. The minimum atomic E-state index is -0.389. The molecule has 1 unspecified atom stereocenters. The van der Waals surface area contributed by atoms with Crippen LogP contribution in [0.15, 0.2) is 32.3 Å². The number of aliphatic imine (C=N–C) groups is 1. The Morgan fingerprint density at radius 2 is 2.35 bits per heavy atom. The molecule has 122 valence electrons. The quantitative estimate of drug-likeness (QED) is 0.356. The molecule has 1 atom stereocenters. The molecule has 1 fully saturated rings. The standard InChI is InChI=1S/C13H13BrFN5O3/c14-9-5-7(1-2-10(9)15)17-12(18-16)11-13(20-23-19-11)22-8-3-4-21-6-8/h1-2,5,8H,3-4,6,16H2,(H,17,18). The second-order valence-electron chi connectivity index (χ2n) is 4.72. The Morgan fingerprint density at radius 1 is 1.48 bits per heavy atom. The lowest BCUT2D eigenvalue weighted by atomic mass is 10.3. The minimum Gasteiger partial charge on any atom is -0.468 e. The van der Waals surface area contributed by atoms with E-state index in [4.69, 9.17) is 19.9 Å². The summed E-state index contributed by atoms with van der Waals surface area (Å²) in [5.41, 5.74) is 3.10. The SMILES string of the molecule is NNC(=Nc1ccc(F)c(Br)c1)c1nonc1OC1CCOC1. The third-order valence-corrected chi connectivity index (χ3v) is 3.74. The van der Waals surface area contributed by atoms with E-state index >= 15 is 0 Å². The Hall–Kier alpha value is -2.04. The normalized spacial score (nSPS) is 18.2. The molecular formula is C13H13BrFN5O3. The van der Waals surface area contributed by atoms with Gasteiger partial charge >= 0.3 is 0 Å². The zero-order valence-corrected chi connectivity index (χ0v) is 13.4. The van der Waals surface area contributed by atoms with Gasteiger partial charge in [0, 0.05) is 6.42 Å². The number of hydrogen-bond donors (Lipinski definition) is 2. The third kappa shape index (κ3) is 3.66. The second kappa shape index (κ2) is 7.02. The topological polar surface area (TPSA) is 108 Å². The van der Waals surface area contributed by atoms with Gasteiger partial charge in [-0.3, -0.25) is 0 Å². The van der Waals surface area contributed by atoms with Crippen molar-refractivity contribution in [2.75, 3.05) is 13.2 Å². The van der Waals surface area contributed by atoms with Crippen LogP contribution >= 0.6 is 15.9 Å². The number of halogens is 2. The van der Waals surface area contributed by atoms with Gasteiger partial charge in [0.2, 0.25) is 5.69 Å². The first kappa shape index (κ1) is 15.8. The van der Waals surface area contributed by atoms with Crippen molar-refractivity contribution in [2.24, 2.45) is 10.8 Å². The zero-order chi connectivity index (χ0) is 16.2. The maximum Gasteiger partial charge on any atom is 0.287 e. The summed E-state index contributed by atoms with van der Waals surface area (Å²) in [5, 5.41) is 7.47. The van der Waals surface area contributed by atoms with Crippen LogP contribution in [0.5, 0.6) is 5.88 Å². The van der Waals surface area contributed by atoms with Gasteiger partial charge < -0.3 is 14.9 Å². The van der Waals surface area contributed by atoms with Crippen molar-refractivity contribution < 1.29 is 18.5 Å². The molecule has 1 aromatic carbocycles. The van der Waals surface area contributed by atoms with Crippen LogP contribution in [0.1, 0.15) is 12.1 Å². The van der Waals surface area contributed by atoms with Crippen LogP contribution in [-0.4, -0.2) is 35.5 Å². The number of nitrogens with zero attached hydrogens (tertiary/aromatic N) is 3. The van der Waals surface area contributed by atoms with E-state index < -0.39 is 0 Å².